The zero-order valence-corrected chi connectivity index (χ0v) is 13.2. The van der Waals surface area contributed by atoms with Crippen LogP contribution in [0.25, 0.3) is 16.8 Å². The summed E-state index contributed by atoms with van der Waals surface area (Å²) in [4.78, 5) is 4.56. The molecule has 1 heterocycles. The van der Waals surface area contributed by atoms with E-state index in [1.54, 1.807) is 0 Å². The van der Waals surface area contributed by atoms with Gasteiger partial charge < -0.3 is 5.32 Å². The van der Waals surface area contributed by atoms with Crippen molar-refractivity contribution in [1.82, 2.24) is 0 Å². The Hall–Kier alpha value is -2.58. The second-order valence-corrected chi connectivity index (χ2v) is 5.90. The van der Waals surface area contributed by atoms with Crippen LogP contribution in [0.2, 0.25) is 5.02 Å². The number of halogens is 1. The fourth-order valence-corrected chi connectivity index (χ4v) is 3.07. The Labute approximate surface area is 140 Å². The largest absolute Gasteiger partial charge is 0.340 e. The van der Waals surface area contributed by atoms with Gasteiger partial charge in [-0.2, -0.15) is 0 Å². The number of hydrogen-bond donors (Lipinski definition) is 1. The lowest BCUT2D eigenvalue weighted by atomic mass is 10.0. The minimum Gasteiger partial charge on any atom is -0.340 e. The van der Waals surface area contributed by atoms with Crippen LogP contribution < -0.4 is 5.32 Å². The normalized spacial score (nSPS) is 13.7. The van der Waals surface area contributed by atoms with Crippen LogP contribution in [0.5, 0.6) is 0 Å². The van der Waals surface area contributed by atoms with Crippen molar-refractivity contribution >= 4 is 40.0 Å². The lowest BCUT2D eigenvalue weighted by molar-refractivity contribution is 1.05. The van der Waals surface area contributed by atoms with Gasteiger partial charge in [-0.05, 0) is 34.5 Å². The average molecular weight is 319 g/mol. The molecule has 0 amide bonds. The fourth-order valence-electron chi connectivity index (χ4n) is 2.84. The molecule has 112 valence electrons. The van der Waals surface area contributed by atoms with Crippen molar-refractivity contribution in [3.05, 3.63) is 82.9 Å². The van der Waals surface area contributed by atoms with Crippen LogP contribution in [0.1, 0.15) is 11.1 Å². The first-order valence-corrected chi connectivity index (χ1v) is 7.94. The maximum atomic E-state index is 6.20. The first-order valence-electron chi connectivity index (χ1n) is 7.56. The average Bonchev–Trinajstić information content (AvgIpc) is 2.60. The van der Waals surface area contributed by atoms with Crippen molar-refractivity contribution in [1.29, 1.82) is 0 Å². The minimum atomic E-state index is 0.608. The molecule has 3 aromatic carbocycles. The molecule has 3 aromatic rings. The van der Waals surface area contributed by atoms with Crippen LogP contribution in [0.3, 0.4) is 0 Å². The molecule has 0 bridgehead atoms. The van der Waals surface area contributed by atoms with Crippen molar-refractivity contribution in [3.63, 3.8) is 0 Å². The monoisotopic (exact) mass is 318 g/mol. The number of nitrogens with one attached hydrogen (secondary N) is 1. The van der Waals surface area contributed by atoms with Crippen molar-refractivity contribution in [2.45, 2.75) is 6.54 Å². The summed E-state index contributed by atoms with van der Waals surface area (Å²) in [6.07, 6.45) is 4.12. The van der Waals surface area contributed by atoms with E-state index in [4.69, 9.17) is 11.6 Å². The molecule has 0 fully saturated rings. The number of aliphatic imine (C=N–C) groups is 1. The summed E-state index contributed by atoms with van der Waals surface area (Å²) in [5.74, 6) is 0.854. The van der Waals surface area contributed by atoms with E-state index in [2.05, 4.69) is 58.8 Å². The Bertz CT molecular complexity index is 936. The predicted octanol–water partition coefficient (Wildman–Crippen LogP) is 5.53. The molecule has 0 aromatic heterocycles. The molecule has 0 saturated heterocycles. The highest BCUT2D eigenvalue weighted by atomic mass is 35.5. The zero-order valence-electron chi connectivity index (χ0n) is 12.5. The van der Waals surface area contributed by atoms with Gasteiger partial charge in [-0.25, -0.2) is 0 Å². The van der Waals surface area contributed by atoms with Gasteiger partial charge >= 0.3 is 0 Å². The van der Waals surface area contributed by atoms with Gasteiger partial charge in [-0.1, -0.05) is 66.2 Å². The number of fused-ring (bicyclic) bond motifs is 2. The van der Waals surface area contributed by atoms with Crippen molar-refractivity contribution in [2.24, 2.45) is 4.99 Å². The van der Waals surface area contributed by atoms with Gasteiger partial charge in [0.2, 0.25) is 0 Å². The van der Waals surface area contributed by atoms with E-state index in [-0.39, 0.29) is 0 Å². The van der Waals surface area contributed by atoms with Gasteiger partial charge in [0.1, 0.15) is 5.84 Å². The standard InChI is InChI=1S/C20H15ClN2/c21-18-9-4-10-19-17(18)13-22-20(23-19)12-11-15-7-3-6-14-5-1-2-8-16(14)15/h1-12H,13H2,(H,22,23)/b12-11+. The zero-order chi connectivity index (χ0) is 15.6. The third-order valence-corrected chi connectivity index (χ3v) is 4.39. The molecule has 23 heavy (non-hydrogen) atoms. The molecule has 3 heteroatoms. The number of nitrogens with zero attached hydrogens (tertiary/aromatic N) is 1. The van der Waals surface area contributed by atoms with E-state index in [1.165, 1.54) is 16.3 Å². The first-order chi connectivity index (χ1) is 11.3. The highest BCUT2D eigenvalue weighted by Crippen LogP contribution is 2.28. The van der Waals surface area contributed by atoms with E-state index in [9.17, 15) is 0 Å². The van der Waals surface area contributed by atoms with Gasteiger partial charge in [0, 0.05) is 16.3 Å². The first kappa shape index (κ1) is 14.0. The molecule has 1 aliphatic heterocycles. The highest BCUT2D eigenvalue weighted by molar-refractivity contribution is 6.32. The summed E-state index contributed by atoms with van der Waals surface area (Å²) >= 11 is 6.20. The van der Waals surface area contributed by atoms with Crippen LogP contribution >= 0.6 is 11.6 Å². The maximum Gasteiger partial charge on any atom is 0.125 e. The SMILES string of the molecule is Clc1cccc2c1CN=C(/C=C/c1cccc3ccccc13)N2. The minimum absolute atomic E-state index is 0.608. The molecule has 0 spiro atoms. The van der Waals surface area contributed by atoms with Crippen molar-refractivity contribution in [3.8, 4) is 0 Å². The lowest BCUT2D eigenvalue weighted by Crippen LogP contribution is -2.15. The van der Waals surface area contributed by atoms with Crippen molar-refractivity contribution in [2.75, 3.05) is 5.32 Å². The van der Waals surface area contributed by atoms with Gasteiger partial charge in [0.15, 0.2) is 0 Å². The van der Waals surface area contributed by atoms with E-state index >= 15 is 0 Å². The summed E-state index contributed by atoms with van der Waals surface area (Å²) < 4.78 is 0. The second kappa shape index (κ2) is 5.90. The maximum absolute atomic E-state index is 6.20. The number of hydrogen-bond acceptors (Lipinski definition) is 2. The molecular formula is C20H15ClN2. The quantitative estimate of drug-likeness (QED) is 0.660. The van der Waals surface area contributed by atoms with Crippen LogP contribution in [0.15, 0.2) is 71.7 Å². The lowest BCUT2D eigenvalue weighted by Gasteiger charge is -2.17. The van der Waals surface area contributed by atoms with E-state index in [1.807, 2.05) is 24.3 Å². The number of anilines is 1. The van der Waals surface area contributed by atoms with E-state index in [0.717, 1.165) is 22.1 Å². The molecule has 0 atom stereocenters. The Morgan fingerprint density at radius 2 is 1.74 bits per heavy atom. The number of benzene rings is 3. The summed E-state index contributed by atoms with van der Waals surface area (Å²) in [5, 5.41) is 6.58. The molecular weight excluding hydrogens is 304 g/mol. The Morgan fingerprint density at radius 3 is 2.70 bits per heavy atom. The van der Waals surface area contributed by atoms with E-state index < -0.39 is 0 Å². The van der Waals surface area contributed by atoms with Gasteiger partial charge in [0.25, 0.3) is 0 Å². The van der Waals surface area contributed by atoms with Gasteiger partial charge in [-0.3, -0.25) is 4.99 Å². The smallest absolute Gasteiger partial charge is 0.125 e. The molecule has 1 N–H and O–H groups in total. The van der Waals surface area contributed by atoms with Crippen LogP contribution in [-0.4, -0.2) is 5.84 Å². The fraction of sp³-hybridized carbons (Fsp3) is 0.0500. The van der Waals surface area contributed by atoms with Gasteiger partial charge in [0.05, 0.1) is 6.54 Å². The molecule has 0 saturated carbocycles. The van der Waals surface area contributed by atoms with Crippen LogP contribution in [0, 0.1) is 0 Å². The Kier molecular flexibility index (Phi) is 3.60. The molecule has 0 aliphatic carbocycles. The summed E-state index contributed by atoms with van der Waals surface area (Å²) in [5.41, 5.74) is 3.27. The molecule has 1 aliphatic rings. The molecule has 0 unspecified atom stereocenters. The topological polar surface area (TPSA) is 24.4 Å². The third kappa shape index (κ3) is 2.73. The van der Waals surface area contributed by atoms with Crippen molar-refractivity contribution < 1.29 is 0 Å². The van der Waals surface area contributed by atoms with E-state index in [0.29, 0.717) is 6.54 Å². The Morgan fingerprint density at radius 1 is 0.913 bits per heavy atom. The van der Waals surface area contributed by atoms with Crippen LogP contribution in [-0.2, 0) is 6.54 Å². The van der Waals surface area contributed by atoms with Crippen LogP contribution in [0.4, 0.5) is 5.69 Å². The Balaban J connectivity index is 1.64. The summed E-state index contributed by atoms with van der Waals surface area (Å²) in [7, 11) is 0. The number of amidine groups is 1. The number of rotatable bonds is 2. The second-order valence-electron chi connectivity index (χ2n) is 5.49. The molecule has 4 rings (SSSR count). The molecule has 2 nitrogen and oxygen atoms in total. The van der Waals surface area contributed by atoms with Gasteiger partial charge in [-0.15, -0.1) is 0 Å². The summed E-state index contributed by atoms with van der Waals surface area (Å²) in [6.45, 7) is 0.608. The summed E-state index contributed by atoms with van der Waals surface area (Å²) in [6, 6.07) is 20.6. The molecule has 0 radical (unpaired) electrons. The third-order valence-electron chi connectivity index (χ3n) is 4.03. The highest BCUT2D eigenvalue weighted by Gasteiger charge is 2.12. The predicted molar refractivity (Wildman–Crippen MR) is 99.2 cm³/mol.